The third-order valence-corrected chi connectivity index (χ3v) is 4.36. The molecule has 132 valence electrons. The molecule has 2 amide bonds. The zero-order valence-corrected chi connectivity index (χ0v) is 14.3. The number of fused-ring (bicyclic) bond motifs is 1. The first kappa shape index (κ1) is 16.2. The number of H-pyrrole nitrogens is 1. The number of nitrogens with zero attached hydrogens (tertiary/aromatic N) is 2. The number of aromatic amines is 1. The van der Waals surface area contributed by atoms with E-state index in [0.29, 0.717) is 19.7 Å². The highest BCUT2D eigenvalue weighted by Crippen LogP contribution is 2.28. The molecule has 2 heterocycles. The summed E-state index contributed by atoms with van der Waals surface area (Å²) in [7, 11) is 0. The third kappa shape index (κ3) is 3.69. The third-order valence-electron chi connectivity index (χ3n) is 4.36. The standard InChI is InChI=1S/C20H20N4O2/c25-20(22-17-6-7-19-16(12-17)9-11-26-19)24(14-18-8-10-21-23-18)13-15-4-2-1-3-5-15/h1-8,10,12H,9,11,13-14H2,(H,21,23)(H,22,25). The van der Waals surface area contributed by atoms with Gasteiger partial charge in [0.15, 0.2) is 0 Å². The number of carbonyl (C=O) groups excluding carboxylic acids is 1. The number of nitrogens with one attached hydrogen (secondary N) is 2. The lowest BCUT2D eigenvalue weighted by Crippen LogP contribution is -2.34. The Morgan fingerprint density at radius 3 is 2.85 bits per heavy atom. The highest BCUT2D eigenvalue weighted by molar-refractivity contribution is 5.89. The highest BCUT2D eigenvalue weighted by Gasteiger charge is 2.17. The molecule has 4 rings (SSSR count). The number of urea groups is 1. The summed E-state index contributed by atoms with van der Waals surface area (Å²) in [6.07, 6.45) is 2.56. The Morgan fingerprint density at radius 1 is 1.15 bits per heavy atom. The maximum absolute atomic E-state index is 12.9. The molecule has 1 aromatic heterocycles. The fraction of sp³-hybridized carbons (Fsp3) is 0.200. The first-order valence-electron chi connectivity index (χ1n) is 8.62. The van der Waals surface area contributed by atoms with Crippen LogP contribution in [0.15, 0.2) is 60.8 Å². The van der Waals surface area contributed by atoms with Crippen molar-refractivity contribution in [3.8, 4) is 5.75 Å². The summed E-state index contributed by atoms with van der Waals surface area (Å²) < 4.78 is 5.52. The van der Waals surface area contributed by atoms with Crippen molar-refractivity contribution >= 4 is 11.7 Å². The van der Waals surface area contributed by atoms with Crippen molar-refractivity contribution in [3.63, 3.8) is 0 Å². The van der Waals surface area contributed by atoms with Crippen molar-refractivity contribution in [2.24, 2.45) is 0 Å². The Kier molecular flexibility index (Phi) is 4.55. The topological polar surface area (TPSA) is 70.2 Å². The number of anilines is 1. The summed E-state index contributed by atoms with van der Waals surface area (Å²) in [5.41, 5.74) is 3.87. The van der Waals surface area contributed by atoms with Crippen molar-refractivity contribution in [2.45, 2.75) is 19.5 Å². The number of benzene rings is 2. The number of rotatable bonds is 5. The van der Waals surface area contributed by atoms with Crippen LogP contribution in [0, 0.1) is 0 Å². The lowest BCUT2D eigenvalue weighted by molar-refractivity contribution is 0.205. The van der Waals surface area contributed by atoms with Gasteiger partial charge in [-0.25, -0.2) is 4.79 Å². The van der Waals surface area contributed by atoms with Gasteiger partial charge in [-0.3, -0.25) is 5.10 Å². The average molecular weight is 348 g/mol. The first-order chi connectivity index (χ1) is 12.8. The van der Waals surface area contributed by atoms with E-state index in [2.05, 4.69) is 15.5 Å². The predicted octanol–water partition coefficient (Wildman–Crippen LogP) is 3.58. The lowest BCUT2D eigenvalue weighted by Gasteiger charge is -2.23. The van der Waals surface area contributed by atoms with Gasteiger partial charge in [0.1, 0.15) is 5.75 Å². The highest BCUT2D eigenvalue weighted by atomic mass is 16.5. The van der Waals surface area contributed by atoms with E-state index >= 15 is 0 Å². The molecule has 2 N–H and O–H groups in total. The van der Waals surface area contributed by atoms with Crippen LogP contribution in [0.3, 0.4) is 0 Å². The minimum atomic E-state index is -0.151. The summed E-state index contributed by atoms with van der Waals surface area (Å²) in [5, 5.41) is 9.89. The molecule has 0 atom stereocenters. The van der Waals surface area contributed by atoms with Gasteiger partial charge in [0.25, 0.3) is 0 Å². The molecule has 0 saturated carbocycles. The van der Waals surface area contributed by atoms with Crippen molar-refractivity contribution in [1.82, 2.24) is 15.1 Å². The summed E-state index contributed by atoms with van der Waals surface area (Å²) in [5.74, 6) is 0.904. The largest absolute Gasteiger partial charge is 0.493 e. The van der Waals surface area contributed by atoms with Crippen LogP contribution in [-0.2, 0) is 19.5 Å². The van der Waals surface area contributed by atoms with Crippen molar-refractivity contribution < 1.29 is 9.53 Å². The second-order valence-electron chi connectivity index (χ2n) is 6.27. The molecule has 0 aliphatic carbocycles. The molecule has 0 spiro atoms. The molecule has 0 unspecified atom stereocenters. The molecular formula is C20H20N4O2. The Labute approximate surface area is 151 Å². The molecule has 26 heavy (non-hydrogen) atoms. The molecule has 1 aliphatic heterocycles. The van der Waals surface area contributed by atoms with Crippen molar-refractivity contribution in [3.05, 3.63) is 77.6 Å². The molecule has 0 bridgehead atoms. The zero-order chi connectivity index (χ0) is 17.8. The van der Waals surface area contributed by atoms with Crippen LogP contribution in [0.5, 0.6) is 5.75 Å². The lowest BCUT2D eigenvalue weighted by atomic mass is 10.1. The number of hydrogen-bond acceptors (Lipinski definition) is 3. The summed E-state index contributed by atoms with van der Waals surface area (Å²) in [4.78, 5) is 14.6. The van der Waals surface area contributed by atoms with E-state index in [9.17, 15) is 4.79 Å². The van der Waals surface area contributed by atoms with Gasteiger partial charge in [0.2, 0.25) is 0 Å². The van der Waals surface area contributed by atoms with E-state index in [4.69, 9.17) is 4.74 Å². The van der Waals surface area contributed by atoms with Gasteiger partial charge in [-0.1, -0.05) is 30.3 Å². The van der Waals surface area contributed by atoms with Crippen LogP contribution < -0.4 is 10.1 Å². The van der Waals surface area contributed by atoms with Crippen LogP contribution in [0.2, 0.25) is 0 Å². The maximum atomic E-state index is 12.9. The van der Waals surface area contributed by atoms with E-state index in [0.717, 1.165) is 34.7 Å². The van der Waals surface area contributed by atoms with E-state index in [1.54, 1.807) is 11.1 Å². The SMILES string of the molecule is O=C(Nc1ccc2c(c1)CCO2)N(Cc1ccccc1)Cc1ccn[nH]1. The average Bonchev–Trinajstić information content (AvgIpc) is 3.33. The monoisotopic (exact) mass is 348 g/mol. The Bertz CT molecular complexity index is 878. The predicted molar refractivity (Wildman–Crippen MR) is 98.9 cm³/mol. The Hall–Kier alpha value is -3.28. The molecule has 3 aromatic rings. The molecule has 0 saturated heterocycles. The normalized spacial score (nSPS) is 12.3. The second kappa shape index (κ2) is 7.31. The smallest absolute Gasteiger partial charge is 0.322 e. The minimum Gasteiger partial charge on any atom is -0.493 e. The van der Waals surface area contributed by atoms with E-state index in [-0.39, 0.29) is 6.03 Å². The molecule has 0 fully saturated rings. The van der Waals surface area contributed by atoms with E-state index in [1.807, 2.05) is 54.6 Å². The van der Waals surface area contributed by atoms with Gasteiger partial charge in [-0.05, 0) is 35.4 Å². The molecule has 1 aliphatic rings. The van der Waals surface area contributed by atoms with Crippen LogP contribution in [0.4, 0.5) is 10.5 Å². The maximum Gasteiger partial charge on any atom is 0.322 e. The van der Waals surface area contributed by atoms with Gasteiger partial charge < -0.3 is 15.0 Å². The Balaban J connectivity index is 1.51. The van der Waals surface area contributed by atoms with Gasteiger partial charge in [0.05, 0.1) is 18.8 Å². The summed E-state index contributed by atoms with van der Waals surface area (Å²) in [6.45, 7) is 1.67. The fourth-order valence-electron chi connectivity index (χ4n) is 3.05. The fourth-order valence-corrected chi connectivity index (χ4v) is 3.05. The number of amides is 2. The van der Waals surface area contributed by atoms with Crippen molar-refractivity contribution in [1.29, 1.82) is 0 Å². The Morgan fingerprint density at radius 2 is 2.04 bits per heavy atom. The van der Waals surface area contributed by atoms with Crippen molar-refractivity contribution in [2.75, 3.05) is 11.9 Å². The van der Waals surface area contributed by atoms with Crippen LogP contribution in [-0.4, -0.2) is 27.7 Å². The van der Waals surface area contributed by atoms with Crippen LogP contribution >= 0.6 is 0 Å². The number of aromatic nitrogens is 2. The number of carbonyl (C=O) groups is 1. The molecule has 6 nitrogen and oxygen atoms in total. The van der Waals surface area contributed by atoms with Crippen LogP contribution in [0.25, 0.3) is 0 Å². The van der Waals surface area contributed by atoms with Crippen LogP contribution in [0.1, 0.15) is 16.8 Å². The van der Waals surface area contributed by atoms with Gasteiger partial charge in [0, 0.05) is 24.8 Å². The van der Waals surface area contributed by atoms with E-state index in [1.165, 1.54) is 0 Å². The van der Waals surface area contributed by atoms with Gasteiger partial charge >= 0.3 is 6.03 Å². The summed E-state index contributed by atoms with van der Waals surface area (Å²) >= 11 is 0. The molecule has 2 aromatic carbocycles. The molecular weight excluding hydrogens is 328 g/mol. The number of hydrogen-bond donors (Lipinski definition) is 2. The van der Waals surface area contributed by atoms with Gasteiger partial charge in [-0.15, -0.1) is 0 Å². The first-order valence-corrected chi connectivity index (χ1v) is 8.62. The quantitative estimate of drug-likeness (QED) is 0.740. The number of ether oxygens (including phenoxy) is 1. The molecule has 6 heteroatoms. The zero-order valence-electron chi connectivity index (χ0n) is 14.3. The summed E-state index contributed by atoms with van der Waals surface area (Å²) in [6, 6.07) is 17.4. The second-order valence-corrected chi connectivity index (χ2v) is 6.27. The van der Waals surface area contributed by atoms with Gasteiger partial charge in [-0.2, -0.15) is 5.10 Å². The molecule has 0 radical (unpaired) electrons. The van der Waals surface area contributed by atoms with E-state index < -0.39 is 0 Å². The minimum absolute atomic E-state index is 0.151.